The number of hydrogen-bond donors (Lipinski definition) is 1. The van der Waals surface area contributed by atoms with E-state index in [0.29, 0.717) is 23.5 Å². The van der Waals surface area contributed by atoms with Crippen molar-refractivity contribution in [1.29, 1.82) is 0 Å². The SMILES string of the molecule is Cc1ccc(-c2nc(COC(=O)c3ccc(CCNS(C)(=O)=O)s3)cs2)cc1. The average molecular weight is 437 g/mol. The highest BCUT2D eigenvalue weighted by Crippen LogP contribution is 2.25. The molecule has 3 aromatic rings. The molecule has 1 aromatic carbocycles. The van der Waals surface area contributed by atoms with Gasteiger partial charge in [-0.3, -0.25) is 0 Å². The Kier molecular flexibility index (Phi) is 6.61. The van der Waals surface area contributed by atoms with E-state index in [1.165, 1.54) is 28.2 Å². The fraction of sp³-hybridized carbons (Fsp3) is 0.263. The fourth-order valence-corrected chi connectivity index (χ4v) is 4.58. The minimum Gasteiger partial charge on any atom is -0.455 e. The van der Waals surface area contributed by atoms with E-state index in [1.807, 2.05) is 42.6 Å². The van der Waals surface area contributed by atoms with E-state index in [-0.39, 0.29) is 6.61 Å². The molecule has 0 bridgehead atoms. The van der Waals surface area contributed by atoms with Crippen LogP contribution in [0.1, 0.15) is 25.8 Å². The van der Waals surface area contributed by atoms with Crippen LogP contribution in [0.3, 0.4) is 0 Å². The number of nitrogens with one attached hydrogen (secondary N) is 1. The third-order valence-electron chi connectivity index (χ3n) is 3.80. The molecule has 0 amide bonds. The lowest BCUT2D eigenvalue weighted by atomic mass is 10.2. The van der Waals surface area contributed by atoms with Crippen LogP contribution in [0.25, 0.3) is 10.6 Å². The van der Waals surface area contributed by atoms with Gasteiger partial charge in [-0.1, -0.05) is 29.8 Å². The number of ether oxygens (including phenoxy) is 1. The fourth-order valence-electron chi connectivity index (χ4n) is 2.39. The van der Waals surface area contributed by atoms with Gasteiger partial charge in [0.05, 0.1) is 11.9 Å². The summed E-state index contributed by atoms with van der Waals surface area (Å²) in [6.45, 7) is 2.45. The molecule has 9 heteroatoms. The van der Waals surface area contributed by atoms with Crippen LogP contribution in [-0.4, -0.2) is 32.2 Å². The summed E-state index contributed by atoms with van der Waals surface area (Å²) >= 11 is 2.82. The van der Waals surface area contributed by atoms with Gasteiger partial charge in [0.1, 0.15) is 16.5 Å². The monoisotopic (exact) mass is 436 g/mol. The third kappa shape index (κ3) is 5.96. The molecule has 6 nitrogen and oxygen atoms in total. The van der Waals surface area contributed by atoms with E-state index in [0.717, 1.165) is 21.7 Å². The zero-order valence-corrected chi connectivity index (χ0v) is 17.9. The summed E-state index contributed by atoms with van der Waals surface area (Å²) in [6, 6.07) is 11.6. The lowest BCUT2D eigenvalue weighted by Crippen LogP contribution is -2.23. The Bertz CT molecular complexity index is 1050. The van der Waals surface area contributed by atoms with Crippen LogP contribution in [-0.2, 0) is 27.8 Å². The summed E-state index contributed by atoms with van der Waals surface area (Å²) in [6.07, 6.45) is 1.64. The molecule has 0 saturated heterocycles. The third-order valence-corrected chi connectivity index (χ3v) is 6.59. The van der Waals surface area contributed by atoms with Gasteiger partial charge in [-0.2, -0.15) is 0 Å². The van der Waals surface area contributed by atoms with Gasteiger partial charge in [-0.25, -0.2) is 22.9 Å². The number of carbonyl (C=O) groups is 1. The first-order valence-corrected chi connectivity index (χ1v) is 12.1. The van der Waals surface area contributed by atoms with Gasteiger partial charge in [-0.15, -0.1) is 22.7 Å². The minimum absolute atomic E-state index is 0.115. The van der Waals surface area contributed by atoms with Gasteiger partial charge in [-0.05, 0) is 25.5 Å². The first-order valence-electron chi connectivity index (χ1n) is 8.52. The van der Waals surface area contributed by atoms with Crippen molar-refractivity contribution in [3.8, 4) is 10.6 Å². The minimum atomic E-state index is -3.21. The van der Waals surface area contributed by atoms with Gasteiger partial charge < -0.3 is 4.74 Å². The maximum Gasteiger partial charge on any atom is 0.348 e. The second-order valence-electron chi connectivity index (χ2n) is 6.27. The number of hydrogen-bond acceptors (Lipinski definition) is 7. The van der Waals surface area contributed by atoms with Crippen LogP contribution in [0, 0.1) is 6.92 Å². The predicted octanol–water partition coefficient (Wildman–Crippen LogP) is 3.63. The van der Waals surface area contributed by atoms with Crippen molar-refractivity contribution in [3.63, 3.8) is 0 Å². The van der Waals surface area contributed by atoms with Crippen molar-refractivity contribution in [2.24, 2.45) is 0 Å². The van der Waals surface area contributed by atoms with Crippen LogP contribution < -0.4 is 4.72 Å². The molecule has 3 rings (SSSR count). The van der Waals surface area contributed by atoms with Crippen molar-refractivity contribution >= 4 is 38.7 Å². The summed E-state index contributed by atoms with van der Waals surface area (Å²) in [4.78, 5) is 18.2. The number of sulfonamides is 1. The smallest absolute Gasteiger partial charge is 0.348 e. The van der Waals surface area contributed by atoms with Crippen molar-refractivity contribution in [2.45, 2.75) is 20.0 Å². The van der Waals surface area contributed by atoms with Crippen LogP contribution in [0.5, 0.6) is 0 Å². The second kappa shape index (κ2) is 8.95. The zero-order chi connectivity index (χ0) is 20.1. The molecule has 0 aliphatic carbocycles. The predicted molar refractivity (Wildman–Crippen MR) is 112 cm³/mol. The van der Waals surface area contributed by atoms with Crippen molar-refractivity contribution in [2.75, 3.05) is 12.8 Å². The highest BCUT2D eigenvalue weighted by molar-refractivity contribution is 7.88. The number of thiophene rings is 1. The molecule has 0 aliphatic rings. The Labute approximate surface area is 172 Å². The quantitative estimate of drug-likeness (QED) is 0.545. The van der Waals surface area contributed by atoms with E-state index < -0.39 is 16.0 Å². The average Bonchev–Trinajstić information content (AvgIpc) is 3.29. The lowest BCUT2D eigenvalue weighted by molar-refractivity contribution is 0.0474. The standard InChI is InChI=1S/C19H20N2O4S3/c1-13-3-5-14(6-4-13)18-21-15(12-26-18)11-25-19(22)17-8-7-16(27-17)9-10-20-28(2,23)24/h3-8,12,20H,9-11H2,1-2H3. The van der Waals surface area contributed by atoms with Crippen molar-refractivity contribution < 1.29 is 17.9 Å². The van der Waals surface area contributed by atoms with E-state index in [4.69, 9.17) is 4.74 Å². The number of benzene rings is 1. The summed E-state index contributed by atoms with van der Waals surface area (Å²) in [5, 5.41) is 2.78. The zero-order valence-electron chi connectivity index (χ0n) is 15.5. The summed E-state index contributed by atoms with van der Waals surface area (Å²) in [5.74, 6) is -0.405. The van der Waals surface area contributed by atoms with E-state index in [2.05, 4.69) is 9.71 Å². The molecule has 2 heterocycles. The van der Waals surface area contributed by atoms with Crippen LogP contribution in [0.2, 0.25) is 0 Å². The molecule has 0 radical (unpaired) electrons. The number of aryl methyl sites for hydroxylation is 1. The van der Waals surface area contributed by atoms with Gasteiger partial charge in [0.15, 0.2) is 0 Å². The summed E-state index contributed by atoms with van der Waals surface area (Å²) < 4.78 is 29.9. The van der Waals surface area contributed by atoms with Crippen LogP contribution >= 0.6 is 22.7 Å². The highest BCUT2D eigenvalue weighted by atomic mass is 32.2. The maximum absolute atomic E-state index is 12.2. The molecule has 28 heavy (non-hydrogen) atoms. The Hall–Kier alpha value is -2.07. The number of esters is 1. The Morgan fingerprint density at radius 1 is 1.18 bits per heavy atom. The number of thiazole rings is 1. The molecular weight excluding hydrogens is 416 g/mol. The van der Waals surface area contributed by atoms with Crippen molar-refractivity contribution in [1.82, 2.24) is 9.71 Å². The number of nitrogens with zero attached hydrogens (tertiary/aromatic N) is 1. The van der Waals surface area contributed by atoms with E-state index in [9.17, 15) is 13.2 Å². The van der Waals surface area contributed by atoms with Crippen LogP contribution in [0.15, 0.2) is 41.8 Å². The molecule has 2 aromatic heterocycles. The second-order valence-corrected chi connectivity index (χ2v) is 10.1. The van der Waals surface area contributed by atoms with Crippen molar-refractivity contribution in [3.05, 3.63) is 62.8 Å². The molecule has 148 valence electrons. The Morgan fingerprint density at radius 2 is 1.93 bits per heavy atom. The summed E-state index contributed by atoms with van der Waals surface area (Å²) in [5.41, 5.74) is 2.94. The lowest BCUT2D eigenvalue weighted by Gasteiger charge is -2.01. The molecule has 0 saturated carbocycles. The number of aromatic nitrogens is 1. The normalized spacial score (nSPS) is 11.5. The molecule has 0 atom stereocenters. The first-order chi connectivity index (χ1) is 13.3. The molecule has 0 unspecified atom stereocenters. The molecule has 0 spiro atoms. The van der Waals surface area contributed by atoms with Gasteiger partial charge >= 0.3 is 5.97 Å². The van der Waals surface area contributed by atoms with Gasteiger partial charge in [0.2, 0.25) is 10.0 Å². The Balaban J connectivity index is 1.52. The maximum atomic E-state index is 12.2. The molecule has 0 aliphatic heterocycles. The summed E-state index contributed by atoms with van der Waals surface area (Å²) in [7, 11) is -3.21. The molecular formula is C19H20N2O4S3. The van der Waals surface area contributed by atoms with E-state index in [1.54, 1.807) is 6.07 Å². The number of rotatable bonds is 8. The van der Waals surface area contributed by atoms with E-state index >= 15 is 0 Å². The topological polar surface area (TPSA) is 85.4 Å². The van der Waals surface area contributed by atoms with Crippen LogP contribution in [0.4, 0.5) is 0 Å². The molecule has 0 fully saturated rings. The molecule has 1 N–H and O–H groups in total. The van der Waals surface area contributed by atoms with Gasteiger partial charge in [0.25, 0.3) is 0 Å². The Morgan fingerprint density at radius 3 is 2.64 bits per heavy atom. The largest absolute Gasteiger partial charge is 0.455 e. The first kappa shape index (κ1) is 20.7. The highest BCUT2D eigenvalue weighted by Gasteiger charge is 2.13. The van der Waals surface area contributed by atoms with Gasteiger partial charge in [0, 0.05) is 22.4 Å². The number of carbonyl (C=O) groups excluding carboxylic acids is 1.